The number of benzene rings is 2. The predicted octanol–water partition coefficient (Wildman–Crippen LogP) is 1.69. The van der Waals surface area contributed by atoms with Crippen LogP contribution >= 0.6 is 0 Å². The van der Waals surface area contributed by atoms with Crippen LogP contribution in [0.25, 0.3) is 0 Å². The number of anilines is 1. The molecule has 25 heavy (non-hydrogen) atoms. The highest BCUT2D eigenvalue weighted by molar-refractivity contribution is 7.89. The van der Waals surface area contributed by atoms with E-state index in [0.29, 0.717) is 12.1 Å². The van der Waals surface area contributed by atoms with Crippen molar-refractivity contribution in [2.24, 2.45) is 5.14 Å². The normalized spacial score (nSPS) is 11.0. The molecule has 2 aromatic carbocycles. The molecule has 7 nitrogen and oxygen atoms in total. The Morgan fingerprint density at radius 2 is 1.72 bits per heavy atom. The lowest BCUT2D eigenvalue weighted by Gasteiger charge is -2.09. The third-order valence-electron chi connectivity index (χ3n) is 3.50. The summed E-state index contributed by atoms with van der Waals surface area (Å²) in [6.45, 7) is 0. The van der Waals surface area contributed by atoms with Crippen LogP contribution in [0.4, 0.5) is 5.69 Å². The van der Waals surface area contributed by atoms with Gasteiger partial charge in [-0.3, -0.25) is 4.79 Å². The van der Waals surface area contributed by atoms with Gasteiger partial charge in [-0.25, -0.2) is 18.4 Å². The second kappa shape index (κ2) is 7.91. The van der Waals surface area contributed by atoms with E-state index in [0.717, 1.165) is 5.56 Å². The van der Waals surface area contributed by atoms with Gasteiger partial charge in [-0.05, 0) is 36.2 Å². The third kappa shape index (κ3) is 5.13. The maximum Gasteiger partial charge on any atom is 0.339 e. The largest absolute Gasteiger partial charge is 0.465 e. The molecule has 0 atom stereocenters. The minimum Gasteiger partial charge on any atom is -0.465 e. The van der Waals surface area contributed by atoms with E-state index in [-0.39, 0.29) is 22.8 Å². The van der Waals surface area contributed by atoms with Gasteiger partial charge >= 0.3 is 5.97 Å². The van der Waals surface area contributed by atoms with Crippen LogP contribution in [0.3, 0.4) is 0 Å². The summed E-state index contributed by atoms with van der Waals surface area (Å²) < 4.78 is 27.1. The number of carbonyl (C=O) groups is 2. The number of esters is 1. The Hall–Kier alpha value is -2.71. The van der Waals surface area contributed by atoms with Crippen molar-refractivity contribution < 1.29 is 22.7 Å². The molecular formula is C17H18N2O5S. The molecule has 0 saturated heterocycles. The molecule has 0 saturated carbocycles. The van der Waals surface area contributed by atoms with E-state index in [9.17, 15) is 18.0 Å². The fraction of sp³-hybridized carbons (Fsp3) is 0.176. The zero-order chi connectivity index (χ0) is 18.4. The lowest BCUT2D eigenvalue weighted by Crippen LogP contribution is -2.15. The maximum atomic E-state index is 12.1. The van der Waals surface area contributed by atoms with Crippen LogP contribution in [0.15, 0.2) is 53.4 Å². The number of amides is 1. The highest BCUT2D eigenvalue weighted by Gasteiger charge is 2.13. The molecule has 0 spiro atoms. The summed E-state index contributed by atoms with van der Waals surface area (Å²) in [6, 6.07) is 12.6. The van der Waals surface area contributed by atoms with Crippen molar-refractivity contribution in [1.29, 1.82) is 0 Å². The first-order valence-corrected chi connectivity index (χ1v) is 8.95. The van der Waals surface area contributed by atoms with Gasteiger partial charge in [0, 0.05) is 6.42 Å². The number of ether oxygens (including phenoxy) is 1. The van der Waals surface area contributed by atoms with Gasteiger partial charge in [-0.2, -0.15) is 0 Å². The third-order valence-corrected chi connectivity index (χ3v) is 4.43. The number of hydrogen-bond acceptors (Lipinski definition) is 5. The number of nitrogens with two attached hydrogens (primary N) is 1. The van der Waals surface area contributed by atoms with Gasteiger partial charge in [0.25, 0.3) is 0 Å². The Bertz CT molecular complexity index is 876. The number of primary sulfonamides is 1. The molecular weight excluding hydrogens is 344 g/mol. The van der Waals surface area contributed by atoms with Gasteiger partial charge in [0.15, 0.2) is 0 Å². The molecule has 0 aliphatic carbocycles. The lowest BCUT2D eigenvalue weighted by molar-refractivity contribution is -0.116. The number of aryl methyl sites for hydroxylation is 1. The van der Waals surface area contributed by atoms with E-state index < -0.39 is 16.0 Å². The Labute approximate surface area is 145 Å². The van der Waals surface area contributed by atoms with E-state index in [1.807, 2.05) is 0 Å². The minimum atomic E-state index is -3.73. The second-order valence-electron chi connectivity index (χ2n) is 5.27. The molecule has 0 aromatic heterocycles. The van der Waals surface area contributed by atoms with Gasteiger partial charge in [-0.15, -0.1) is 0 Å². The van der Waals surface area contributed by atoms with Crippen LogP contribution in [0, 0.1) is 0 Å². The minimum absolute atomic E-state index is 0.0210. The van der Waals surface area contributed by atoms with Gasteiger partial charge in [0.05, 0.1) is 23.3 Å². The van der Waals surface area contributed by atoms with Crippen molar-refractivity contribution in [3.63, 3.8) is 0 Å². The predicted molar refractivity (Wildman–Crippen MR) is 92.5 cm³/mol. The monoisotopic (exact) mass is 362 g/mol. The Kier molecular flexibility index (Phi) is 5.89. The molecule has 8 heteroatoms. The fourth-order valence-corrected chi connectivity index (χ4v) is 2.71. The SMILES string of the molecule is COC(=O)c1ccccc1NC(=O)CCc1ccc(S(N)(=O)=O)cc1. The molecule has 0 radical (unpaired) electrons. The lowest BCUT2D eigenvalue weighted by atomic mass is 10.1. The standard InChI is InChI=1S/C17H18N2O5S/c1-24-17(21)14-4-2-3-5-15(14)19-16(20)11-8-12-6-9-13(10-7-12)25(18,22)23/h2-7,9-10H,8,11H2,1H3,(H,19,20)(H2,18,22,23). The topological polar surface area (TPSA) is 116 Å². The average Bonchev–Trinajstić information content (AvgIpc) is 2.59. The summed E-state index contributed by atoms with van der Waals surface area (Å²) in [5.41, 5.74) is 1.45. The highest BCUT2D eigenvalue weighted by Crippen LogP contribution is 2.17. The van der Waals surface area contributed by atoms with Gasteiger partial charge in [0.2, 0.25) is 15.9 Å². The Balaban J connectivity index is 1.99. The molecule has 0 heterocycles. The van der Waals surface area contributed by atoms with Crippen LogP contribution in [0.5, 0.6) is 0 Å². The van der Waals surface area contributed by atoms with E-state index in [4.69, 9.17) is 5.14 Å². The average molecular weight is 362 g/mol. The van der Waals surface area contributed by atoms with E-state index in [2.05, 4.69) is 10.1 Å². The Morgan fingerprint density at radius 3 is 2.32 bits per heavy atom. The number of nitrogens with one attached hydrogen (secondary N) is 1. The van der Waals surface area contributed by atoms with Crippen molar-refractivity contribution in [1.82, 2.24) is 0 Å². The number of para-hydroxylation sites is 1. The molecule has 0 bridgehead atoms. The summed E-state index contributed by atoms with van der Waals surface area (Å²) in [4.78, 5) is 23.8. The zero-order valence-electron chi connectivity index (χ0n) is 13.6. The molecule has 0 aliphatic rings. The fourth-order valence-electron chi connectivity index (χ4n) is 2.20. The smallest absolute Gasteiger partial charge is 0.339 e. The first kappa shape index (κ1) is 18.6. The first-order valence-electron chi connectivity index (χ1n) is 7.40. The van der Waals surface area contributed by atoms with Crippen LogP contribution in [0.1, 0.15) is 22.3 Å². The van der Waals surface area contributed by atoms with E-state index in [1.165, 1.54) is 19.2 Å². The number of methoxy groups -OCH3 is 1. The molecule has 2 rings (SSSR count). The quantitative estimate of drug-likeness (QED) is 0.759. The zero-order valence-corrected chi connectivity index (χ0v) is 14.4. The molecule has 0 aliphatic heterocycles. The maximum absolute atomic E-state index is 12.1. The first-order chi connectivity index (χ1) is 11.8. The van der Waals surface area contributed by atoms with Crippen molar-refractivity contribution >= 4 is 27.6 Å². The Morgan fingerprint density at radius 1 is 1.08 bits per heavy atom. The molecule has 0 unspecified atom stereocenters. The van der Waals surface area contributed by atoms with Crippen LogP contribution in [0.2, 0.25) is 0 Å². The number of sulfonamides is 1. The summed E-state index contributed by atoms with van der Waals surface area (Å²) >= 11 is 0. The summed E-state index contributed by atoms with van der Waals surface area (Å²) in [6.07, 6.45) is 0.585. The molecule has 0 fully saturated rings. The number of carbonyl (C=O) groups excluding carboxylic acids is 2. The van der Waals surface area contributed by atoms with E-state index in [1.54, 1.807) is 36.4 Å². The molecule has 132 valence electrons. The number of rotatable bonds is 6. The van der Waals surface area contributed by atoms with Crippen molar-refractivity contribution in [3.8, 4) is 0 Å². The molecule has 1 amide bonds. The summed E-state index contributed by atoms with van der Waals surface area (Å²) in [5.74, 6) is -0.804. The van der Waals surface area contributed by atoms with Crippen molar-refractivity contribution in [2.45, 2.75) is 17.7 Å². The highest BCUT2D eigenvalue weighted by atomic mass is 32.2. The number of hydrogen-bond donors (Lipinski definition) is 2. The van der Waals surface area contributed by atoms with E-state index >= 15 is 0 Å². The van der Waals surface area contributed by atoms with Gasteiger partial charge in [-0.1, -0.05) is 24.3 Å². The second-order valence-corrected chi connectivity index (χ2v) is 6.84. The van der Waals surface area contributed by atoms with Crippen LogP contribution in [-0.4, -0.2) is 27.4 Å². The van der Waals surface area contributed by atoms with Gasteiger partial charge in [0.1, 0.15) is 0 Å². The van der Waals surface area contributed by atoms with Gasteiger partial charge < -0.3 is 10.1 Å². The van der Waals surface area contributed by atoms with Crippen LogP contribution < -0.4 is 10.5 Å². The molecule has 2 aromatic rings. The van der Waals surface area contributed by atoms with Crippen LogP contribution in [-0.2, 0) is 26.0 Å². The molecule has 3 N–H and O–H groups in total. The summed E-state index contributed by atoms with van der Waals surface area (Å²) in [7, 11) is -2.46. The van der Waals surface area contributed by atoms with Crippen molar-refractivity contribution in [2.75, 3.05) is 12.4 Å². The summed E-state index contributed by atoms with van der Waals surface area (Å²) in [5, 5.41) is 7.71. The van der Waals surface area contributed by atoms with Crippen molar-refractivity contribution in [3.05, 3.63) is 59.7 Å².